The van der Waals surface area contributed by atoms with Gasteiger partial charge in [0.1, 0.15) is 5.37 Å². The topological polar surface area (TPSA) is 32.7 Å². The molecule has 0 saturated heterocycles. The van der Waals surface area contributed by atoms with E-state index in [1.165, 1.54) is 12.8 Å². The van der Waals surface area contributed by atoms with Crippen LogP contribution < -0.4 is 0 Å². The number of amides is 1. The van der Waals surface area contributed by atoms with Crippen molar-refractivity contribution in [1.29, 1.82) is 0 Å². The molecule has 0 aromatic heterocycles. The largest absolute Gasteiger partial charge is 0.273 e. The monoisotopic (exact) mass is 260 g/mol. The molecule has 0 aromatic rings. The summed E-state index contributed by atoms with van der Waals surface area (Å²) >= 11 is 0. The maximum atomic E-state index is 11.9. The van der Waals surface area contributed by atoms with Gasteiger partial charge in [-0.2, -0.15) is 5.10 Å². The molecule has 0 fully saturated rings. The zero-order valence-corrected chi connectivity index (χ0v) is 11.6. The lowest BCUT2D eigenvalue weighted by Gasteiger charge is -2.23. The minimum absolute atomic E-state index is 0.123. The molecule has 0 N–H and O–H groups in total. The van der Waals surface area contributed by atoms with Crippen LogP contribution in [-0.2, 0) is 4.79 Å². The molecular formula is C11H20N2OS2. The molecule has 3 nitrogen and oxygen atoms in total. The Morgan fingerprint density at radius 3 is 2.88 bits per heavy atom. The van der Waals surface area contributed by atoms with Crippen LogP contribution >= 0.6 is 21.6 Å². The second-order valence-electron chi connectivity index (χ2n) is 3.85. The highest BCUT2D eigenvalue weighted by atomic mass is 33.1. The van der Waals surface area contributed by atoms with Crippen LogP contribution in [0.15, 0.2) is 5.10 Å². The van der Waals surface area contributed by atoms with Gasteiger partial charge in [0.25, 0.3) is 0 Å². The van der Waals surface area contributed by atoms with Gasteiger partial charge < -0.3 is 0 Å². The molecule has 1 aliphatic heterocycles. The third kappa shape index (κ3) is 4.78. The summed E-state index contributed by atoms with van der Waals surface area (Å²) in [6.45, 7) is 2.03. The van der Waals surface area contributed by atoms with E-state index < -0.39 is 0 Å². The minimum Gasteiger partial charge on any atom is -0.273 e. The van der Waals surface area contributed by atoms with Crippen molar-refractivity contribution < 1.29 is 4.79 Å². The van der Waals surface area contributed by atoms with Crippen LogP contribution in [0.25, 0.3) is 0 Å². The normalized spacial score (nSPS) is 22.9. The number of rotatable bonds is 3. The van der Waals surface area contributed by atoms with Gasteiger partial charge in [-0.25, -0.2) is 5.01 Å². The van der Waals surface area contributed by atoms with Gasteiger partial charge in [-0.3, -0.25) is 4.79 Å². The first kappa shape index (κ1) is 13.9. The van der Waals surface area contributed by atoms with E-state index >= 15 is 0 Å². The van der Waals surface area contributed by atoms with Crippen molar-refractivity contribution in [1.82, 2.24) is 5.01 Å². The molecule has 1 heterocycles. The quantitative estimate of drug-likeness (QED) is 0.728. The molecule has 16 heavy (non-hydrogen) atoms. The van der Waals surface area contributed by atoms with Crippen LogP contribution in [0.3, 0.4) is 0 Å². The van der Waals surface area contributed by atoms with Crippen molar-refractivity contribution in [3.8, 4) is 0 Å². The summed E-state index contributed by atoms with van der Waals surface area (Å²) in [4.78, 5) is 11.9. The highest BCUT2D eigenvalue weighted by Gasteiger charge is 2.19. The molecule has 0 bridgehead atoms. The lowest BCUT2D eigenvalue weighted by molar-refractivity contribution is -0.131. The Bertz CT molecular complexity index is 246. The lowest BCUT2D eigenvalue weighted by atomic mass is 10.1. The Kier molecular flexibility index (Phi) is 6.96. The summed E-state index contributed by atoms with van der Waals surface area (Å²) in [7, 11) is 3.35. The lowest BCUT2D eigenvalue weighted by Crippen LogP contribution is -2.32. The molecule has 0 spiro atoms. The van der Waals surface area contributed by atoms with Crippen molar-refractivity contribution in [2.45, 2.75) is 50.8 Å². The average Bonchev–Trinajstić information content (AvgIpc) is 2.27. The van der Waals surface area contributed by atoms with Crippen LogP contribution in [0.4, 0.5) is 0 Å². The third-order valence-electron chi connectivity index (χ3n) is 2.52. The first-order chi connectivity index (χ1) is 7.75. The van der Waals surface area contributed by atoms with Crippen LogP contribution in [0.5, 0.6) is 0 Å². The Labute approximate surface area is 106 Å². The molecule has 92 valence electrons. The van der Waals surface area contributed by atoms with E-state index in [0.29, 0.717) is 6.42 Å². The summed E-state index contributed by atoms with van der Waals surface area (Å²) < 4.78 is 0. The second-order valence-corrected chi connectivity index (χ2v) is 6.64. The second kappa shape index (κ2) is 8.01. The Morgan fingerprint density at radius 2 is 2.12 bits per heavy atom. The molecule has 0 aliphatic carbocycles. The van der Waals surface area contributed by atoms with E-state index in [-0.39, 0.29) is 11.3 Å². The highest BCUT2D eigenvalue weighted by molar-refractivity contribution is 8.76. The smallest absolute Gasteiger partial charge is 0.243 e. The molecule has 5 heteroatoms. The number of carbonyl (C=O) groups excluding carboxylic acids is 1. The summed E-state index contributed by atoms with van der Waals surface area (Å²) in [5, 5.41) is 6.08. The van der Waals surface area contributed by atoms with Gasteiger partial charge >= 0.3 is 0 Å². The van der Waals surface area contributed by atoms with Crippen LogP contribution in [0.2, 0.25) is 0 Å². The Hall–Kier alpha value is -0.160. The van der Waals surface area contributed by atoms with Gasteiger partial charge in [0.2, 0.25) is 5.91 Å². The van der Waals surface area contributed by atoms with E-state index in [4.69, 9.17) is 0 Å². The highest BCUT2D eigenvalue weighted by Crippen LogP contribution is 2.27. The minimum atomic E-state index is 0.123. The van der Waals surface area contributed by atoms with Gasteiger partial charge in [-0.15, -0.1) is 0 Å². The van der Waals surface area contributed by atoms with Gasteiger partial charge in [0.15, 0.2) is 0 Å². The van der Waals surface area contributed by atoms with E-state index in [1.54, 1.807) is 26.6 Å². The predicted molar refractivity (Wildman–Crippen MR) is 73.6 cm³/mol. The van der Waals surface area contributed by atoms with Crippen molar-refractivity contribution in [3.63, 3.8) is 0 Å². The molecule has 1 aliphatic rings. The number of hydrogen-bond acceptors (Lipinski definition) is 4. The fourth-order valence-electron chi connectivity index (χ4n) is 1.67. The number of carbonyl (C=O) groups is 1. The SMILES string of the molecule is CSSC(C)N1/N=C\CCCCCCC1=O. The van der Waals surface area contributed by atoms with Crippen LogP contribution in [-0.4, -0.2) is 28.8 Å². The molecule has 1 atom stereocenters. The molecule has 1 unspecified atom stereocenters. The number of nitrogens with zero attached hydrogens (tertiary/aromatic N) is 2. The number of hydrazone groups is 1. The first-order valence-corrected chi connectivity index (χ1v) is 8.42. The fraction of sp³-hybridized carbons (Fsp3) is 0.818. The van der Waals surface area contributed by atoms with Crippen LogP contribution in [0.1, 0.15) is 45.4 Å². The number of hydrogen-bond donors (Lipinski definition) is 0. The Morgan fingerprint density at radius 1 is 1.38 bits per heavy atom. The van der Waals surface area contributed by atoms with Crippen molar-refractivity contribution in [3.05, 3.63) is 0 Å². The Balaban J connectivity index is 2.62. The van der Waals surface area contributed by atoms with Crippen molar-refractivity contribution in [2.24, 2.45) is 5.10 Å². The molecule has 0 aromatic carbocycles. The average molecular weight is 260 g/mol. The molecule has 0 radical (unpaired) electrons. The van der Waals surface area contributed by atoms with E-state index in [9.17, 15) is 4.79 Å². The first-order valence-electron chi connectivity index (χ1n) is 5.79. The zero-order valence-electron chi connectivity index (χ0n) is 10.0. The summed E-state index contributed by atoms with van der Waals surface area (Å²) in [5.74, 6) is 0.159. The van der Waals surface area contributed by atoms with E-state index in [1.807, 2.05) is 19.4 Å². The molecule has 1 rings (SSSR count). The van der Waals surface area contributed by atoms with Gasteiger partial charge in [0.05, 0.1) is 0 Å². The maximum absolute atomic E-state index is 11.9. The van der Waals surface area contributed by atoms with Crippen LogP contribution in [0, 0.1) is 0 Å². The molecule has 1 amide bonds. The summed E-state index contributed by atoms with van der Waals surface area (Å²) in [6, 6.07) is 0. The zero-order chi connectivity index (χ0) is 11.8. The van der Waals surface area contributed by atoms with Gasteiger partial charge in [-0.1, -0.05) is 34.4 Å². The van der Waals surface area contributed by atoms with E-state index in [2.05, 4.69) is 5.10 Å². The maximum Gasteiger partial charge on any atom is 0.243 e. The van der Waals surface area contributed by atoms with Gasteiger partial charge in [-0.05, 0) is 32.4 Å². The standard InChI is InChI=1S/C11H20N2OS2/c1-10(16-15-2)13-11(14)8-6-4-3-5-7-9-12-13/h9-10H,3-8H2,1-2H3/b12-9-. The van der Waals surface area contributed by atoms with Crippen molar-refractivity contribution >= 4 is 33.7 Å². The molecule has 0 saturated carbocycles. The van der Waals surface area contributed by atoms with E-state index in [0.717, 1.165) is 19.3 Å². The van der Waals surface area contributed by atoms with Crippen molar-refractivity contribution in [2.75, 3.05) is 6.26 Å². The third-order valence-corrected chi connectivity index (χ3v) is 4.60. The summed E-state index contributed by atoms with van der Waals surface area (Å²) in [5.41, 5.74) is 0. The predicted octanol–water partition coefficient (Wildman–Crippen LogP) is 3.51. The summed E-state index contributed by atoms with van der Waals surface area (Å²) in [6.07, 6.45) is 10.1. The fourth-order valence-corrected chi connectivity index (χ4v) is 3.28. The van der Waals surface area contributed by atoms with Gasteiger partial charge in [0, 0.05) is 12.6 Å². The molecular weight excluding hydrogens is 240 g/mol.